The van der Waals surface area contributed by atoms with Gasteiger partial charge in [-0.15, -0.1) is 0 Å². The van der Waals surface area contributed by atoms with Gasteiger partial charge < -0.3 is 15.3 Å². The molecular formula is C22H38O5. The van der Waals surface area contributed by atoms with Crippen molar-refractivity contribution in [3.63, 3.8) is 0 Å². The number of carboxylic acid groups (broad SMARTS) is 1. The number of aliphatic hydroxyl groups is 2. The first kappa shape index (κ1) is 22.4. The largest absolute Gasteiger partial charge is 0.481 e. The molecule has 0 aliphatic heterocycles. The van der Waals surface area contributed by atoms with Crippen molar-refractivity contribution >= 4 is 11.8 Å². The lowest BCUT2D eigenvalue weighted by Gasteiger charge is -2.22. The fourth-order valence-corrected chi connectivity index (χ4v) is 4.85. The van der Waals surface area contributed by atoms with Crippen LogP contribution in [-0.4, -0.2) is 39.3 Å². The van der Waals surface area contributed by atoms with E-state index in [0.29, 0.717) is 18.8 Å². The summed E-state index contributed by atoms with van der Waals surface area (Å²) in [4.78, 5) is 23.1. The van der Waals surface area contributed by atoms with Gasteiger partial charge >= 0.3 is 5.97 Å². The van der Waals surface area contributed by atoms with E-state index in [4.69, 9.17) is 5.11 Å². The second-order valence-corrected chi connectivity index (χ2v) is 9.02. The van der Waals surface area contributed by atoms with Gasteiger partial charge in [-0.2, -0.15) is 0 Å². The smallest absolute Gasteiger partial charge is 0.306 e. The maximum Gasteiger partial charge on any atom is 0.306 e. The van der Waals surface area contributed by atoms with Crippen LogP contribution in [0.4, 0.5) is 0 Å². The Morgan fingerprint density at radius 3 is 2.52 bits per heavy atom. The van der Waals surface area contributed by atoms with Gasteiger partial charge in [0.25, 0.3) is 0 Å². The van der Waals surface area contributed by atoms with E-state index in [1.54, 1.807) is 6.92 Å². The van der Waals surface area contributed by atoms with Crippen molar-refractivity contribution in [2.45, 2.75) is 96.7 Å². The summed E-state index contributed by atoms with van der Waals surface area (Å²) in [6, 6.07) is 0. The number of carbonyl (C=O) groups excluding carboxylic acids is 1. The number of Topliss-reactive ketones (excluding diaryl/α,β-unsaturated/α-hetero) is 1. The maximum atomic E-state index is 12.3. The first-order valence-corrected chi connectivity index (χ1v) is 10.9. The lowest BCUT2D eigenvalue weighted by atomic mass is 9.84. The Labute approximate surface area is 163 Å². The molecule has 0 radical (unpaired) electrons. The van der Waals surface area contributed by atoms with Crippen LogP contribution in [0.3, 0.4) is 0 Å². The van der Waals surface area contributed by atoms with Gasteiger partial charge in [-0.1, -0.05) is 39.5 Å². The van der Waals surface area contributed by atoms with Crippen molar-refractivity contribution < 1.29 is 24.9 Å². The third-order valence-electron chi connectivity index (χ3n) is 6.91. The number of aliphatic carboxylic acids is 1. The molecule has 2 aliphatic rings. The average Bonchev–Trinajstić information content (AvgIpc) is 3.30. The molecule has 27 heavy (non-hydrogen) atoms. The summed E-state index contributed by atoms with van der Waals surface area (Å²) < 4.78 is 0. The van der Waals surface area contributed by atoms with E-state index in [2.05, 4.69) is 6.92 Å². The summed E-state index contributed by atoms with van der Waals surface area (Å²) in [5.74, 6) is 0.444. The number of unbranched alkanes of at least 4 members (excludes halogenated alkanes) is 2. The van der Waals surface area contributed by atoms with Crippen molar-refractivity contribution in [1.29, 1.82) is 0 Å². The van der Waals surface area contributed by atoms with Crippen molar-refractivity contribution in [3.8, 4) is 0 Å². The number of ketones is 1. The standard InChI is InChI=1S/C22H38O5/c1-3-15-11-16(15)12-17(23)9-10-19-18(20(24)13-21(19)25)8-6-4-5-7-14(2)22(26)27/h14-19,21,23,25H,3-13H2,1-2H3,(H,26,27)/t14?,15?,16?,17?,18-,19-,21-/m1/s1. The molecule has 7 atom stereocenters. The normalized spacial score (nSPS) is 32.4. The molecular weight excluding hydrogens is 344 g/mol. The Balaban J connectivity index is 1.68. The van der Waals surface area contributed by atoms with E-state index in [-0.39, 0.29) is 36.1 Å². The monoisotopic (exact) mass is 382 g/mol. The Morgan fingerprint density at radius 2 is 1.89 bits per heavy atom. The van der Waals surface area contributed by atoms with E-state index < -0.39 is 12.1 Å². The number of carbonyl (C=O) groups is 2. The molecule has 5 heteroatoms. The zero-order chi connectivity index (χ0) is 20.0. The zero-order valence-corrected chi connectivity index (χ0v) is 17.0. The van der Waals surface area contributed by atoms with Crippen LogP contribution in [0.5, 0.6) is 0 Å². The molecule has 0 spiro atoms. The Hall–Kier alpha value is -0.940. The molecule has 156 valence electrons. The molecule has 2 fully saturated rings. The minimum atomic E-state index is -0.751. The van der Waals surface area contributed by atoms with E-state index in [0.717, 1.165) is 44.4 Å². The topological polar surface area (TPSA) is 94.8 Å². The number of hydrogen-bond acceptors (Lipinski definition) is 4. The number of rotatable bonds is 13. The van der Waals surface area contributed by atoms with Crippen LogP contribution in [0.25, 0.3) is 0 Å². The lowest BCUT2D eigenvalue weighted by molar-refractivity contribution is -0.141. The van der Waals surface area contributed by atoms with Gasteiger partial charge in [-0.3, -0.25) is 9.59 Å². The van der Waals surface area contributed by atoms with E-state index in [1.165, 1.54) is 12.8 Å². The predicted molar refractivity (Wildman–Crippen MR) is 104 cm³/mol. The fourth-order valence-electron chi connectivity index (χ4n) is 4.85. The SMILES string of the molecule is CCC1CC1CC(O)CC[C@H]1[C@H](O)CC(=O)[C@@H]1CCCCCC(C)C(=O)O. The Kier molecular flexibility index (Phi) is 8.74. The van der Waals surface area contributed by atoms with Crippen molar-refractivity contribution in [2.75, 3.05) is 0 Å². The fraction of sp³-hybridized carbons (Fsp3) is 0.909. The molecule has 0 aromatic rings. The molecule has 0 heterocycles. The molecule has 3 N–H and O–H groups in total. The second kappa shape index (κ2) is 10.6. The zero-order valence-electron chi connectivity index (χ0n) is 17.0. The number of aliphatic hydroxyl groups excluding tert-OH is 2. The minimum absolute atomic E-state index is 0.0220. The summed E-state index contributed by atoms with van der Waals surface area (Å²) in [5, 5.41) is 29.5. The molecule has 2 rings (SSSR count). The maximum absolute atomic E-state index is 12.3. The van der Waals surface area contributed by atoms with Crippen LogP contribution in [0.1, 0.15) is 84.5 Å². The Bertz CT molecular complexity index is 491. The molecule has 4 unspecified atom stereocenters. The van der Waals surface area contributed by atoms with Crippen LogP contribution in [0.2, 0.25) is 0 Å². The highest BCUT2D eigenvalue weighted by molar-refractivity contribution is 5.84. The average molecular weight is 383 g/mol. The van der Waals surface area contributed by atoms with Gasteiger partial charge in [0.15, 0.2) is 0 Å². The Morgan fingerprint density at radius 1 is 1.15 bits per heavy atom. The summed E-state index contributed by atoms with van der Waals surface area (Å²) in [7, 11) is 0. The minimum Gasteiger partial charge on any atom is -0.481 e. The first-order valence-electron chi connectivity index (χ1n) is 10.9. The molecule has 0 aromatic carbocycles. The molecule has 2 saturated carbocycles. The summed E-state index contributed by atoms with van der Waals surface area (Å²) in [6.45, 7) is 3.93. The van der Waals surface area contributed by atoms with Crippen LogP contribution < -0.4 is 0 Å². The second-order valence-electron chi connectivity index (χ2n) is 9.02. The van der Waals surface area contributed by atoms with Crippen LogP contribution in [0.15, 0.2) is 0 Å². The van der Waals surface area contributed by atoms with Gasteiger partial charge in [0.05, 0.1) is 18.1 Å². The van der Waals surface area contributed by atoms with Gasteiger partial charge in [0.2, 0.25) is 0 Å². The summed E-state index contributed by atoms with van der Waals surface area (Å²) in [6.07, 6.45) is 8.20. The van der Waals surface area contributed by atoms with Crippen molar-refractivity contribution in [1.82, 2.24) is 0 Å². The molecule has 0 aromatic heterocycles. The molecule has 0 bridgehead atoms. The third kappa shape index (κ3) is 6.86. The van der Waals surface area contributed by atoms with E-state index in [1.807, 2.05) is 0 Å². The third-order valence-corrected chi connectivity index (χ3v) is 6.91. The van der Waals surface area contributed by atoms with E-state index in [9.17, 15) is 19.8 Å². The van der Waals surface area contributed by atoms with Gasteiger partial charge in [-0.05, 0) is 56.3 Å². The summed E-state index contributed by atoms with van der Waals surface area (Å²) >= 11 is 0. The highest BCUT2D eigenvalue weighted by Crippen LogP contribution is 2.45. The van der Waals surface area contributed by atoms with Crippen LogP contribution in [0, 0.1) is 29.6 Å². The van der Waals surface area contributed by atoms with Gasteiger partial charge in [-0.25, -0.2) is 0 Å². The van der Waals surface area contributed by atoms with Crippen molar-refractivity contribution in [3.05, 3.63) is 0 Å². The molecule has 0 saturated heterocycles. The number of carboxylic acids is 1. The predicted octanol–water partition coefficient (Wildman–Crippen LogP) is 3.80. The van der Waals surface area contributed by atoms with Crippen LogP contribution >= 0.6 is 0 Å². The first-order chi connectivity index (χ1) is 12.8. The molecule has 2 aliphatic carbocycles. The summed E-state index contributed by atoms with van der Waals surface area (Å²) in [5.41, 5.74) is 0. The quantitative estimate of drug-likeness (QED) is 0.421. The van der Waals surface area contributed by atoms with E-state index >= 15 is 0 Å². The highest BCUT2D eigenvalue weighted by Gasteiger charge is 2.41. The number of hydrogen-bond donors (Lipinski definition) is 3. The lowest BCUT2D eigenvalue weighted by Crippen LogP contribution is -2.23. The highest BCUT2D eigenvalue weighted by atomic mass is 16.4. The van der Waals surface area contributed by atoms with Crippen molar-refractivity contribution in [2.24, 2.45) is 29.6 Å². The van der Waals surface area contributed by atoms with Crippen LogP contribution in [-0.2, 0) is 9.59 Å². The van der Waals surface area contributed by atoms with Gasteiger partial charge in [0.1, 0.15) is 5.78 Å². The van der Waals surface area contributed by atoms with Gasteiger partial charge in [0, 0.05) is 12.3 Å². The molecule has 0 amide bonds. The molecule has 5 nitrogen and oxygen atoms in total.